The fourth-order valence-corrected chi connectivity index (χ4v) is 3.19. The number of rotatable bonds is 5. The number of carboxylic acids is 1. The Bertz CT molecular complexity index is 572. The maximum Gasteiger partial charge on any atom is 0.317 e. The Hall–Kier alpha value is -1.74. The molecule has 2 aliphatic heterocycles. The highest BCUT2D eigenvalue weighted by Crippen LogP contribution is 2.31. The third-order valence-corrected chi connectivity index (χ3v) is 4.45. The lowest BCUT2D eigenvalue weighted by Crippen LogP contribution is -2.37. The normalized spacial score (nSPS) is 23.1. The number of benzene rings is 1. The first-order valence-corrected chi connectivity index (χ1v) is 8.14. The van der Waals surface area contributed by atoms with Crippen LogP contribution in [-0.4, -0.2) is 48.4 Å². The van der Waals surface area contributed by atoms with Crippen molar-refractivity contribution in [3.63, 3.8) is 0 Å². The summed E-state index contributed by atoms with van der Waals surface area (Å²) >= 11 is 0. The minimum absolute atomic E-state index is 0.0528. The monoisotopic (exact) mass is 339 g/mol. The van der Waals surface area contributed by atoms with Crippen LogP contribution in [0.15, 0.2) is 18.2 Å². The van der Waals surface area contributed by atoms with Gasteiger partial charge in [0.25, 0.3) is 0 Å². The molecule has 0 radical (unpaired) electrons. The van der Waals surface area contributed by atoms with E-state index in [1.165, 1.54) is 6.07 Å². The first kappa shape index (κ1) is 17.1. The summed E-state index contributed by atoms with van der Waals surface area (Å²) < 4.78 is 14.5. The fourth-order valence-electron chi connectivity index (χ4n) is 3.19. The van der Waals surface area contributed by atoms with E-state index in [9.17, 15) is 9.18 Å². The molecule has 1 aromatic carbocycles. The number of piperidine rings is 1. The molecule has 0 saturated carbocycles. The average Bonchev–Trinajstić information content (AvgIpc) is 2.56. The predicted octanol–water partition coefficient (Wildman–Crippen LogP) is 1.68. The highest BCUT2D eigenvalue weighted by atomic mass is 19.1. The average molecular weight is 339 g/mol. The Morgan fingerprint density at radius 3 is 2.79 bits per heavy atom. The Balaban J connectivity index is 1.58. The minimum atomic E-state index is -0.820. The zero-order valence-electron chi connectivity index (χ0n) is 13.3. The van der Waals surface area contributed by atoms with Gasteiger partial charge in [-0.25, -0.2) is 4.39 Å². The molecule has 0 aliphatic carbocycles. The number of anilines is 1. The maximum atomic E-state index is 14.5. The summed E-state index contributed by atoms with van der Waals surface area (Å²) in [5, 5.41) is 11.9. The van der Waals surface area contributed by atoms with Crippen molar-refractivity contribution in [2.24, 2.45) is 0 Å². The standard InChI is InChI=1S/C16H22FN3O4/c17-14-9-12(18-15-5-8-23-19-24-15)1-2-13(14)11-3-6-20(7-4-11)10-16(21)22/h1-2,9,11,15,18-19H,3-8,10H2,(H,21,22). The van der Waals surface area contributed by atoms with Gasteiger partial charge in [0.05, 0.1) is 13.2 Å². The molecule has 0 bridgehead atoms. The van der Waals surface area contributed by atoms with Gasteiger partial charge in [-0.05, 0) is 49.5 Å². The van der Waals surface area contributed by atoms with Crippen molar-refractivity contribution in [1.29, 1.82) is 0 Å². The van der Waals surface area contributed by atoms with E-state index in [1.54, 1.807) is 0 Å². The molecule has 24 heavy (non-hydrogen) atoms. The van der Waals surface area contributed by atoms with E-state index in [0.29, 0.717) is 37.4 Å². The van der Waals surface area contributed by atoms with Crippen molar-refractivity contribution in [2.45, 2.75) is 31.4 Å². The van der Waals surface area contributed by atoms with Gasteiger partial charge in [0.15, 0.2) is 6.23 Å². The number of halogens is 1. The van der Waals surface area contributed by atoms with Gasteiger partial charge < -0.3 is 10.4 Å². The molecule has 2 heterocycles. The van der Waals surface area contributed by atoms with Gasteiger partial charge in [-0.1, -0.05) is 11.7 Å². The first-order chi connectivity index (χ1) is 11.6. The van der Waals surface area contributed by atoms with Crippen LogP contribution in [0.1, 0.15) is 30.7 Å². The number of nitrogens with one attached hydrogen (secondary N) is 2. The molecule has 7 nitrogen and oxygen atoms in total. The smallest absolute Gasteiger partial charge is 0.317 e. The Kier molecular flexibility index (Phi) is 5.62. The van der Waals surface area contributed by atoms with E-state index < -0.39 is 5.97 Å². The lowest BCUT2D eigenvalue weighted by Gasteiger charge is -2.31. The largest absolute Gasteiger partial charge is 0.480 e. The van der Waals surface area contributed by atoms with Crippen LogP contribution in [0.5, 0.6) is 0 Å². The fraction of sp³-hybridized carbons (Fsp3) is 0.562. The number of aliphatic carboxylic acids is 1. The quantitative estimate of drug-likeness (QED) is 0.753. The van der Waals surface area contributed by atoms with Crippen LogP contribution < -0.4 is 11.0 Å². The van der Waals surface area contributed by atoms with Crippen LogP contribution in [0.2, 0.25) is 0 Å². The highest BCUT2D eigenvalue weighted by molar-refractivity contribution is 5.69. The van der Waals surface area contributed by atoms with Crippen molar-refractivity contribution in [2.75, 3.05) is 31.6 Å². The second kappa shape index (κ2) is 7.89. The minimum Gasteiger partial charge on any atom is -0.480 e. The number of nitrogens with zero attached hydrogens (tertiary/aromatic N) is 1. The van der Waals surface area contributed by atoms with Crippen molar-refractivity contribution in [3.8, 4) is 0 Å². The Morgan fingerprint density at radius 1 is 1.38 bits per heavy atom. The molecule has 2 fully saturated rings. The van der Waals surface area contributed by atoms with Gasteiger partial charge in [0, 0.05) is 12.1 Å². The molecule has 2 aliphatic rings. The molecule has 8 heteroatoms. The van der Waals surface area contributed by atoms with E-state index in [-0.39, 0.29) is 24.5 Å². The maximum absolute atomic E-state index is 14.5. The van der Waals surface area contributed by atoms with Crippen molar-refractivity contribution in [1.82, 2.24) is 10.5 Å². The van der Waals surface area contributed by atoms with E-state index in [4.69, 9.17) is 14.8 Å². The molecule has 1 atom stereocenters. The number of carboxylic acid groups (broad SMARTS) is 1. The summed E-state index contributed by atoms with van der Waals surface area (Å²) in [5.74, 6) is -0.929. The summed E-state index contributed by atoms with van der Waals surface area (Å²) in [6.07, 6.45) is 1.94. The molecule has 1 unspecified atom stereocenters. The zero-order valence-corrected chi connectivity index (χ0v) is 13.3. The number of hydrogen-bond acceptors (Lipinski definition) is 6. The second-order valence-corrected chi connectivity index (χ2v) is 6.15. The van der Waals surface area contributed by atoms with Crippen molar-refractivity contribution >= 4 is 11.7 Å². The topological polar surface area (TPSA) is 83.1 Å². The van der Waals surface area contributed by atoms with Gasteiger partial charge in [-0.2, -0.15) is 0 Å². The van der Waals surface area contributed by atoms with E-state index >= 15 is 0 Å². The predicted molar refractivity (Wildman–Crippen MR) is 84.7 cm³/mol. The summed E-state index contributed by atoms with van der Waals surface area (Å²) in [4.78, 5) is 22.7. The van der Waals surface area contributed by atoms with Crippen LogP contribution >= 0.6 is 0 Å². The van der Waals surface area contributed by atoms with Crippen molar-refractivity contribution in [3.05, 3.63) is 29.6 Å². The van der Waals surface area contributed by atoms with Gasteiger partial charge in [-0.3, -0.25) is 19.4 Å². The lowest BCUT2D eigenvalue weighted by atomic mass is 9.89. The molecule has 3 rings (SSSR count). The molecule has 2 saturated heterocycles. The summed E-state index contributed by atoms with van der Waals surface area (Å²) in [6.45, 7) is 1.93. The summed E-state index contributed by atoms with van der Waals surface area (Å²) in [5.41, 5.74) is 3.70. The third kappa shape index (κ3) is 4.41. The molecular weight excluding hydrogens is 317 g/mol. The van der Waals surface area contributed by atoms with E-state index in [0.717, 1.165) is 12.8 Å². The van der Waals surface area contributed by atoms with E-state index in [1.807, 2.05) is 17.0 Å². The van der Waals surface area contributed by atoms with Crippen LogP contribution in [0.3, 0.4) is 0 Å². The molecule has 0 amide bonds. The van der Waals surface area contributed by atoms with Gasteiger partial charge >= 0.3 is 5.97 Å². The van der Waals surface area contributed by atoms with Gasteiger partial charge in [0.2, 0.25) is 0 Å². The molecule has 132 valence electrons. The van der Waals surface area contributed by atoms with Crippen LogP contribution in [0.4, 0.5) is 10.1 Å². The lowest BCUT2D eigenvalue weighted by molar-refractivity contribution is -0.231. The molecule has 0 spiro atoms. The summed E-state index contributed by atoms with van der Waals surface area (Å²) in [7, 11) is 0. The number of hydrogen-bond donors (Lipinski definition) is 3. The third-order valence-electron chi connectivity index (χ3n) is 4.45. The summed E-state index contributed by atoms with van der Waals surface area (Å²) in [6, 6.07) is 5.14. The Labute approximate surface area is 139 Å². The number of likely N-dealkylation sites (tertiary alicyclic amines) is 1. The zero-order chi connectivity index (χ0) is 16.9. The van der Waals surface area contributed by atoms with Crippen LogP contribution in [-0.2, 0) is 14.5 Å². The molecule has 1 aromatic rings. The van der Waals surface area contributed by atoms with Crippen molar-refractivity contribution < 1.29 is 24.0 Å². The number of carbonyl (C=O) groups is 1. The molecule has 0 aromatic heterocycles. The van der Waals surface area contributed by atoms with Gasteiger partial charge in [0.1, 0.15) is 5.82 Å². The molecular formula is C16H22FN3O4. The Morgan fingerprint density at radius 2 is 2.17 bits per heavy atom. The first-order valence-electron chi connectivity index (χ1n) is 8.14. The SMILES string of the molecule is O=C(O)CN1CCC(c2ccc(NC3CCONO3)cc2F)CC1. The highest BCUT2D eigenvalue weighted by Gasteiger charge is 2.24. The van der Waals surface area contributed by atoms with Gasteiger partial charge in [-0.15, -0.1) is 0 Å². The second-order valence-electron chi connectivity index (χ2n) is 6.15. The molecule has 3 N–H and O–H groups in total. The van der Waals surface area contributed by atoms with E-state index in [2.05, 4.69) is 11.0 Å². The van der Waals surface area contributed by atoms with Crippen LogP contribution in [0.25, 0.3) is 0 Å². The van der Waals surface area contributed by atoms with Crippen LogP contribution in [0, 0.1) is 5.82 Å².